The van der Waals surface area contributed by atoms with Crippen molar-refractivity contribution in [3.05, 3.63) is 17.8 Å². The molecule has 0 saturated carbocycles. The first-order chi connectivity index (χ1) is 5.61. The minimum Gasteiger partial charge on any atom is -0.476 e. The first-order valence-electron chi connectivity index (χ1n) is 3.35. The predicted octanol–water partition coefficient (Wildman–Crippen LogP) is 0.663. The fourth-order valence-corrected chi connectivity index (χ4v) is 0.678. The molecule has 0 aromatic carbocycles. The van der Waals surface area contributed by atoms with Crippen LogP contribution in [-0.2, 0) is 0 Å². The van der Waals surface area contributed by atoms with Gasteiger partial charge in [-0.15, -0.1) is 22.6 Å². The standard InChI is InChI=1S/C7H9N3O2.ClH/c1-10(2)6-4-3-5(7(11)12)8-9-6;/h3-4H,1-2H3,(H,11,12);1H. The molecule has 0 unspecified atom stereocenters. The maximum Gasteiger partial charge on any atom is 0.356 e. The van der Waals surface area contributed by atoms with E-state index < -0.39 is 5.97 Å². The molecule has 5 nitrogen and oxygen atoms in total. The smallest absolute Gasteiger partial charge is 0.356 e. The van der Waals surface area contributed by atoms with Crippen molar-refractivity contribution in [3.8, 4) is 0 Å². The molecule has 0 atom stereocenters. The summed E-state index contributed by atoms with van der Waals surface area (Å²) < 4.78 is 0. The number of aromatic carboxylic acids is 1. The third-order valence-electron chi connectivity index (χ3n) is 1.33. The molecule has 0 bridgehead atoms. The zero-order valence-corrected chi connectivity index (χ0v) is 8.08. The van der Waals surface area contributed by atoms with Gasteiger partial charge in [0.15, 0.2) is 11.5 Å². The second-order valence-electron chi connectivity index (χ2n) is 2.48. The summed E-state index contributed by atoms with van der Waals surface area (Å²) in [5, 5.41) is 15.7. The minimum atomic E-state index is -1.06. The van der Waals surface area contributed by atoms with Gasteiger partial charge in [-0.2, -0.15) is 0 Å². The molecule has 1 heterocycles. The molecule has 13 heavy (non-hydrogen) atoms. The number of carbonyl (C=O) groups is 1. The Morgan fingerprint density at radius 3 is 2.31 bits per heavy atom. The number of carboxylic acid groups (broad SMARTS) is 1. The molecular formula is C7H10ClN3O2. The van der Waals surface area contributed by atoms with Crippen molar-refractivity contribution in [2.24, 2.45) is 0 Å². The van der Waals surface area contributed by atoms with E-state index in [-0.39, 0.29) is 18.1 Å². The highest BCUT2D eigenvalue weighted by Gasteiger charge is 2.04. The van der Waals surface area contributed by atoms with Crippen molar-refractivity contribution >= 4 is 24.2 Å². The lowest BCUT2D eigenvalue weighted by molar-refractivity contribution is 0.0689. The Kier molecular flexibility index (Phi) is 4.13. The van der Waals surface area contributed by atoms with E-state index in [0.29, 0.717) is 5.82 Å². The number of hydrogen-bond donors (Lipinski definition) is 1. The Hall–Kier alpha value is -1.36. The van der Waals surface area contributed by atoms with Crippen molar-refractivity contribution in [1.82, 2.24) is 10.2 Å². The van der Waals surface area contributed by atoms with Gasteiger partial charge in [0.25, 0.3) is 0 Å². The molecule has 0 aliphatic rings. The van der Waals surface area contributed by atoms with E-state index in [1.807, 2.05) is 14.1 Å². The Labute approximate surface area is 81.8 Å². The van der Waals surface area contributed by atoms with Crippen LogP contribution in [0.1, 0.15) is 10.5 Å². The molecule has 0 radical (unpaired) electrons. The fraction of sp³-hybridized carbons (Fsp3) is 0.286. The molecule has 1 aromatic heterocycles. The largest absolute Gasteiger partial charge is 0.476 e. The molecule has 72 valence electrons. The van der Waals surface area contributed by atoms with Gasteiger partial charge in [0, 0.05) is 14.1 Å². The van der Waals surface area contributed by atoms with Crippen LogP contribution in [0.4, 0.5) is 5.82 Å². The third-order valence-corrected chi connectivity index (χ3v) is 1.33. The van der Waals surface area contributed by atoms with Crippen LogP contribution in [0.5, 0.6) is 0 Å². The van der Waals surface area contributed by atoms with E-state index in [9.17, 15) is 4.79 Å². The molecule has 0 aliphatic carbocycles. The molecule has 1 aromatic rings. The summed E-state index contributed by atoms with van der Waals surface area (Å²) in [6, 6.07) is 3.03. The quantitative estimate of drug-likeness (QED) is 0.765. The number of aromatic nitrogens is 2. The molecule has 0 spiro atoms. The van der Waals surface area contributed by atoms with Crippen LogP contribution in [-0.4, -0.2) is 35.4 Å². The summed E-state index contributed by atoms with van der Waals surface area (Å²) in [5.41, 5.74) is -0.0411. The monoisotopic (exact) mass is 203 g/mol. The van der Waals surface area contributed by atoms with Gasteiger partial charge in [-0.1, -0.05) is 0 Å². The summed E-state index contributed by atoms with van der Waals surface area (Å²) in [5.74, 6) is -0.423. The van der Waals surface area contributed by atoms with Crippen LogP contribution in [0.25, 0.3) is 0 Å². The Balaban J connectivity index is 0.00000144. The highest BCUT2D eigenvalue weighted by molar-refractivity contribution is 5.85. The SMILES string of the molecule is CN(C)c1ccc(C(=O)O)nn1.Cl. The molecule has 0 fully saturated rings. The van der Waals surface area contributed by atoms with Gasteiger partial charge in [0.2, 0.25) is 0 Å². The van der Waals surface area contributed by atoms with E-state index in [1.54, 1.807) is 11.0 Å². The van der Waals surface area contributed by atoms with Crippen molar-refractivity contribution in [2.45, 2.75) is 0 Å². The molecule has 0 saturated heterocycles. The average Bonchev–Trinajstić information content (AvgIpc) is 2.04. The molecule has 0 amide bonds. The minimum absolute atomic E-state index is 0. The van der Waals surface area contributed by atoms with Crippen LogP contribution in [0.2, 0.25) is 0 Å². The Morgan fingerprint density at radius 1 is 1.38 bits per heavy atom. The van der Waals surface area contributed by atoms with Crippen LogP contribution in [0.3, 0.4) is 0 Å². The summed E-state index contributed by atoms with van der Waals surface area (Å²) in [6.45, 7) is 0. The highest BCUT2D eigenvalue weighted by atomic mass is 35.5. The van der Waals surface area contributed by atoms with Gasteiger partial charge in [-0.05, 0) is 12.1 Å². The summed E-state index contributed by atoms with van der Waals surface area (Å²) in [6.07, 6.45) is 0. The normalized spacial score (nSPS) is 8.77. The van der Waals surface area contributed by atoms with Gasteiger partial charge in [-0.25, -0.2) is 4.79 Å². The van der Waals surface area contributed by atoms with Gasteiger partial charge in [0.05, 0.1) is 0 Å². The number of hydrogen-bond acceptors (Lipinski definition) is 4. The average molecular weight is 204 g/mol. The molecule has 0 aliphatic heterocycles. The zero-order chi connectivity index (χ0) is 9.14. The second-order valence-corrected chi connectivity index (χ2v) is 2.48. The lowest BCUT2D eigenvalue weighted by Crippen LogP contribution is -2.12. The maximum absolute atomic E-state index is 10.4. The summed E-state index contributed by atoms with van der Waals surface area (Å²) in [4.78, 5) is 12.1. The lowest BCUT2D eigenvalue weighted by Gasteiger charge is -2.08. The third kappa shape index (κ3) is 2.87. The van der Waals surface area contributed by atoms with Crippen molar-refractivity contribution < 1.29 is 9.90 Å². The lowest BCUT2D eigenvalue weighted by atomic mass is 10.4. The molecule has 6 heteroatoms. The van der Waals surface area contributed by atoms with Gasteiger partial charge < -0.3 is 10.0 Å². The Morgan fingerprint density at radius 2 is 2.00 bits per heavy atom. The van der Waals surface area contributed by atoms with E-state index >= 15 is 0 Å². The van der Waals surface area contributed by atoms with E-state index in [2.05, 4.69) is 10.2 Å². The van der Waals surface area contributed by atoms with E-state index in [1.165, 1.54) is 6.07 Å². The van der Waals surface area contributed by atoms with E-state index in [4.69, 9.17) is 5.11 Å². The molecular weight excluding hydrogens is 194 g/mol. The fourth-order valence-electron chi connectivity index (χ4n) is 0.678. The number of anilines is 1. The van der Waals surface area contributed by atoms with Crippen LogP contribution >= 0.6 is 12.4 Å². The Bertz CT molecular complexity index is 286. The zero-order valence-electron chi connectivity index (χ0n) is 7.26. The van der Waals surface area contributed by atoms with Crippen molar-refractivity contribution in [2.75, 3.05) is 19.0 Å². The van der Waals surface area contributed by atoms with E-state index in [0.717, 1.165) is 0 Å². The van der Waals surface area contributed by atoms with Crippen LogP contribution in [0, 0.1) is 0 Å². The van der Waals surface area contributed by atoms with Crippen LogP contribution in [0.15, 0.2) is 12.1 Å². The number of carboxylic acids is 1. The first kappa shape index (κ1) is 11.6. The maximum atomic E-state index is 10.4. The van der Waals surface area contributed by atoms with Crippen molar-refractivity contribution in [1.29, 1.82) is 0 Å². The van der Waals surface area contributed by atoms with Gasteiger partial charge in [-0.3, -0.25) is 0 Å². The first-order valence-corrected chi connectivity index (χ1v) is 3.35. The van der Waals surface area contributed by atoms with Crippen LogP contribution < -0.4 is 4.90 Å². The van der Waals surface area contributed by atoms with Gasteiger partial charge >= 0.3 is 5.97 Å². The highest BCUT2D eigenvalue weighted by Crippen LogP contribution is 2.04. The number of rotatable bonds is 2. The summed E-state index contributed by atoms with van der Waals surface area (Å²) in [7, 11) is 3.62. The molecule has 1 N–H and O–H groups in total. The number of nitrogens with zero attached hydrogens (tertiary/aromatic N) is 3. The topological polar surface area (TPSA) is 66.3 Å². The van der Waals surface area contributed by atoms with Crippen molar-refractivity contribution in [3.63, 3.8) is 0 Å². The summed E-state index contributed by atoms with van der Waals surface area (Å²) >= 11 is 0. The second kappa shape index (κ2) is 4.61. The predicted molar refractivity (Wildman–Crippen MR) is 50.6 cm³/mol. The van der Waals surface area contributed by atoms with Gasteiger partial charge in [0.1, 0.15) is 0 Å². The number of halogens is 1. The molecule has 1 rings (SSSR count).